The first kappa shape index (κ1) is 41.2. The third-order valence-electron chi connectivity index (χ3n) is 12.6. The first-order valence-corrected chi connectivity index (χ1v) is 19.0. The lowest BCUT2D eigenvalue weighted by atomic mass is 9.56. The summed E-state index contributed by atoms with van der Waals surface area (Å²) in [5, 5.41) is 5.47. The first-order valence-electron chi connectivity index (χ1n) is 19.0. The van der Waals surface area contributed by atoms with Crippen molar-refractivity contribution in [3.8, 4) is 22.3 Å². The number of rotatable bonds is 2. The van der Waals surface area contributed by atoms with Crippen LogP contribution >= 0.6 is 0 Å². The van der Waals surface area contributed by atoms with Gasteiger partial charge in [-0.2, -0.15) is 0 Å². The maximum absolute atomic E-state index is 7.34. The molecule has 0 atom stereocenters. The van der Waals surface area contributed by atoms with E-state index in [0.29, 0.717) is 33.1 Å². The molecule has 1 nitrogen and oxygen atoms in total. The van der Waals surface area contributed by atoms with Gasteiger partial charge in [0.2, 0.25) is 0 Å². The summed E-state index contributed by atoms with van der Waals surface area (Å²) in [6.45, 7) is 0. The van der Waals surface area contributed by atoms with Gasteiger partial charge in [-0.25, -0.2) is 0 Å². The maximum Gasteiger partial charge on any atom is 0.136 e. The van der Waals surface area contributed by atoms with E-state index in [1.165, 1.54) is 0 Å². The Morgan fingerprint density at radius 1 is 0.258 bits per heavy atom. The van der Waals surface area contributed by atoms with E-state index < -0.39 is 0 Å². The lowest BCUT2D eigenvalue weighted by Gasteiger charge is -2.32. The fraction of sp³-hybridized carbons (Fsp3) is 0. The van der Waals surface area contributed by atoms with Crippen molar-refractivity contribution >= 4 is 302 Å². The van der Waals surface area contributed by atoms with Crippen molar-refractivity contribution in [1.82, 2.24) is 0 Å². The van der Waals surface area contributed by atoms with Gasteiger partial charge in [-0.1, -0.05) is 85.6 Å². The highest BCUT2D eigenvalue weighted by Crippen LogP contribution is 2.44. The quantitative estimate of drug-likeness (QED) is 0.0979. The van der Waals surface area contributed by atoms with Crippen LogP contribution in [0.15, 0.2) is 59.0 Å². The van der Waals surface area contributed by atoms with Gasteiger partial charge in [0.1, 0.15) is 145 Å². The number of furan rings is 1. The van der Waals surface area contributed by atoms with Crippen LogP contribution in [0, 0.1) is 0 Å². The van der Waals surface area contributed by atoms with Crippen molar-refractivity contribution in [1.29, 1.82) is 0 Å². The van der Waals surface area contributed by atoms with Gasteiger partial charge in [-0.05, 0) is 94.3 Å². The number of benzene rings is 9. The minimum atomic E-state index is -0.0594. The van der Waals surface area contributed by atoms with Crippen LogP contribution in [0.25, 0.3) is 98.1 Å². The van der Waals surface area contributed by atoms with Crippen molar-refractivity contribution in [2.75, 3.05) is 0 Å². The summed E-state index contributed by atoms with van der Waals surface area (Å²) < 4.78 is 6.37. The first-order chi connectivity index (χ1) is 29.4. The number of fused-ring (bicyclic) bond motifs is 10. The second kappa shape index (κ2) is 14.1. The molecule has 0 spiro atoms. The predicted octanol–water partition coefficient (Wildman–Crippen LogP) is -7.82. The smallest absolute Gasteiger partial charge is 0.136 e. The molecule has 1 heterocycles. The van der Waals surface area contributed by atoms with Gasteiger partial charge in [0.15, 0.2) is 0 Å². The van der Waals surface area contributed by atoms with E-state index in [9.17, 15) is 0 Å². The third-order valence-corrected chi connectivity index (χ3v) is 12.6. The minimum absolute atomic E-state index is 0.00488. The van der Waals surface area contributed by atoms with Crippen LogP contribution in [0.3, 0.4) is 0 Å². The van der Waals surface area contributed by atoms with E-state index in [-0.39, 0.29) is 136 Å². The van der Waals surface area contributed by atoms with Crippen molar-refractivity contribution < 1.29 is 4.42 Å². The molecule has 0 aliphatic rings. The highest BCUT2D eigenvalue weighted by molar-refractivity contribution is 6.76. The van der Waals surface area contributed by atoms with E-state index in [2.05, 4.69) is 0 Å². The van der Waals surface area contributed by atoms with Crippen LogP contribution in [0.2, 0.25) is 0 Å². The summed E-state index contributed by atoms with van der Waals surface area (Å²) in [7, 11) is 116. The van der Waals surface area contributed by atoms with Crippen LogP contribution in [0.4, 0.5) is 0 Å². The van der Waals surface area contributed by atoms with Crippen molar-refractivity contribution in [3.63, 3.8) is 0 Å². The van der Waals surface area contributed by atoms with Crippen LogP contribution in [-0.4, -0.2) is 133 Å². The fourth-order valence-electron chi connectivity index (χ4n) is 9.42. The molecule has 62 heavy (non-hydrogen) atoms. The van der Waals surface area contributed by atoms with Crippen molar-refractivity contribution in [3.05, 3.63) is 54.6 Å². The van der Waals surface area contributed by atoms with Crippen LogP contribution in [-0.2, 0) is 0 Å². The molecule has 0 saturated heterocycles. The van der Waals surface area contributed by atoms with Crippen LogP contribution in [0.1, 0.15) is 0 Å². The lowest BCUT2D eigenvalue weighted by Crippen LogP contribution is -2.52. The van der Waals surface area contributed by atoms with E-state index in [1.54, 1.807) is 0 Å². The SMILES string of the molecule is [B]c1c([B])c([B])c2c(-c3c([B])c4c([B])c([B])c([B])c([B])c4c4c([B])c([B])c([B])c([B])c34)c3c([B])c([B])c([B])c([B])c3c(-c3ccc4oc5ccc6ccccc6c5c4c3)c2c1[B]. The predicted molar refractivity (Wildman–Crippen MR) is 284 cm³/mol. The Labute approximate surface area is 381 Å². The summed E-state index contributed by atoms with van der Waals surface area (Å²) in [5.74, 6) is 0. The van der Waals surface area contributed by atoms with Gasteiger partial charge in [-0.15, -0.1) is 43.7 Å². The average molecular weight is 737 g/mol. The second-order valence-electron chi connectivity index (χ2n) is 15.6. The molecule has 0 aliphatic heterocycles. The van der Waals surface area contributed by atoms with Gasteiger partial charge in [0, 0.05) is 10.8 Å². The zero-order valence-corrected chi connectivity index (χ0v) is 32.9. The molecule has 0 aliphatic carbocycles. The largest absolute Gasteiger partial charge is 0.456 e. The Balaban J connectivity index is 1.54. The summed E-state index contributed by atoms with van der Waals surface area (Å²) >= 11 is 0. The zero-order chi connectivity index (χ0) is 44.3. The molecule has 0 amide bonds. The topological polar surface area (TPSA) is 13.1 Å². The Hall–Kier alpha value is -4.82. The standard InChI is InChI=1S/C44H9B17O/c45-28-21(24-25(34(51)42(59)41(58)33(24)50)26-27(28)36(53)44(61)43(60)35(26)52)18-22-19(29(46)37(54)39(56)31(22)48)16(20-23(18)32(49)40(57)38(55)30(20)47)11-6-7-14-13(9-11)17-12-4-2-1-3-10(12)5-8-15(17)62-14/h1-9H. The maximum atomic E-state index is 7.34. The normalized spacial score (nSPS) is 12.0. The van der Waals surface area contributed by atoms with Gasteiger partial charge < -0.3 is 4.42 Å². The Morgan fingerprint density at radius 2 is 0.645 bits per heavy atom. The molecule has 0 unspecified atom stereocenters. The lowest BCUT2D eigenvalue weighted by molar-refractivity contribution is 0.669. The summed E-state index contributed by atoms with van der Waals surface area (Å²) in [4.78, 5) is 0. The van der Waals surface area contributed by atoms with Gasteiger partial charge >= 0.3 is 0 Å². The third kappa shape index (κ3) is 5.22. The van der Waals surface area contributed by atoms with Crippen LogP contribution in [0.5, 0.6) is 0 Å². The molecule has 10 aromatic rings. The molecule has 0 bridgehead atoms. The molecule has 10 rings (SSSR count). The zero-order valence-electron chi connectivity index (χ0n) is 32.9. The summed E-state index contributed by atoms with van der Waals surface area (Å²) in [6, 6.07) is 17.6. The van der Waals surface area contributed by atoms with Gasteiger partial charge in [0.05, 0.1) is 0 Å². The van der Waals surface area contributed by atoms with E-state index in [1.807, 2.05) is 54.6 Å². The van der Waals surface area contributed by atoms with Gasteiger partial charge in [-0.3, -0.25) is 0 Å². The van der Waals surface area contributed by atoms with E-state index >= 15 is 0 Å². The molecule has 34 radical (unpaired) electrons. The minimum Gasteiger partial charge on any atom is -0.456 e. The van der Waals surface area contributed by atoms with Crippen LogP contribution < -0.4 is 92.9 Å². The molecule has 18 heteroatoms. The van der Waals surface area contributed by atoms with Crippen molar-refractivity contribution in [2.24, 2.45) is 0 Å². The highest BCUT2D eigenvalue weighted by Gasteiger charge is 2.29. The molecular weight excluding hydrogens is 728 g/mol. The number of hydrogen-bond acceptors (Lipinski definition) is 1. The molecule has 1 aromatic heterocycles. The highest BCUT2D eigenvalue weighted by atomic mass is 16.3. The summed E-state index contributed by atoms with van der Waals surface area (Å²) in [5.41, 5.74) is 2.40. The molecule has 0 saturated carbocycles. The van der Waals surface area contributed by atoms with Gasteiger partial charge in [0.25, 0.3) is 0 Å². The molecule has 0 fully saturated rings. The molecule has 9 aromatic carbocycles. The monoisotopic (exact) mass is 740 g/mol. The van der Waals surface area contributed by atoms with Crippen molar-refractivity contribution in [2.45, 2.75) is 0 Å². The Kier molecular flexibility index (Phi) is 9.37. The summed E-state index contributed by atoms with van der Waals surface area (Å²) in [6.07, 6.45) is 0. The second-order valence-corrected chi connectivity index (χ2v) is 15.6. The molecular formula is C44H9B17O. The fourth-order valence-corrected chi connectivity index (χ4v) is 9.42. The number of hydrogen-bond donors (Lipinski definition) is 0. The van der Waals surface area contributed by atoms with E-state index in [4.69, 9.17) is 138 Å². The molecule has 0 N–H and O–H groups in total. The van der Waals surface area contributed by atoms with E-state index in [0.717, 1.165) is 21.5 Å². The molecule has 242 valence electrons. The average Bonchev–Trinajstić information content (AvgIpc) is 3.65. The Bertz CT molecular complexity index is 3700. The Morgan fingerprint density at radius 3 is 1.15 bits per heavy atom.